The molecule has 23 heavy (non-hydrogen) atoms. The van der Waals surface area contributed by atoms with Gasteiger partial charge in [-0.2, -0.15) is 5.10 Å². The Morgan fingerprint density at radius 3 is 2.87 bits per heavy atom. The van der Waals surface area contributed by atoms with E-state index in [0.717, 1.165) is 13.0 Å². The van der Waals surface area contributed by atoms with E-state index < -0.39 is 16.1 Å². The molecule has 0 amide bonds. The fourth-order valence-electron chi connectivity index (χ4n) is 2.81. The van der Waals surface area contributed by atoms with Gasteiger partial charge in [-0.3, -0.25) is 0 Å². The topological polar surface area (TPSA) is 112 Å². The van der Waals surface area contributed by atoms with Gasteiger partial charge < -0.3 is 9.26 Å². The average Bonchev–Trinajstić information content (AvgIpc) is 3.03. The molecule has 0 saturated carbocycles. The monoisotopic (exact) mass is 341 g/mol. The molecule has 0 aliphatic carbocycles. The number of aryl methyl sites for hydroxylation is 3. The number of sulfonamides is 1. The maximum Gasteiger partial charge on any atom is 0.246 e. The lowest BCUT2D eigenvalue weighted by Crippen LogP contribution is -2.33. The minimum atomic E-state index is -3.74. The van der Waals surface area contributed by atoms with Crippen molar-refractivity contribution in [2.45, 2.75) is 50.8 Å². The molecule has 1 atom stereocenters. The third kappa shape index (κ3) is 3.01. The van der Waals surface area contributed by atoms with Gasteiger partial charge in [-0.1, -0.05) is 5.16 Å². The highest BCUT2D eigenvalue weighted by Crippen LogP contribution is 2.27. The number of hydrogen-bond donors (Lipinski definition) is 1. The van der Waals surface area contributed by atoms with Crippen molar-refractivity contribution in [3.8, 4) is 0 Å². The summed E-state index contributed by atoms with van der Waals surface area (Å²) in [6, 6.07) is -0.430. The highest BCUT2D eigenvalue weighted by atomic mass is 32.2. The lowest BCUT2D eigenvalue weighted by Gasteiger charge is -2.22. The molecule has 9 nitrogen and oxygen atoms in total. The van der Waals surface area contributed by atoms with E-state index in [1.807, 2.05) is 0 Å². The Hall–Kier alpha value is -1.78. The number of fused-ring (bicyclic) bond motifs is 1. The van der Waals surface area contributed by atoms with Crippen LogP contribution in [0.1, 0.15) is 42.0 Å². The van der Waals surface area contributed by atoms with Crippen LogP contribution in [0.25, 0.3) is 0 Å². The van der Waals surface area contributed by atoms with Crippen molar-refractivity contribution >= 4 is 10.0 Å². The van der Waals surface area contributed by atoms with Crippen LogP contribution < -0.4 is 4.72 Å². The Morgan fingerprint density at radius 2 is 2.22 bits per heavy atom. The molecule has 126 valence electrons. The minimum Gasteiger partial charge on any atom is -0.377 e. The maximum atomic E-state index is 12.7. The number of hydrogen-bond acceptors (Lipinski definition) is 7. The van der Waals surface area contributed by atoms with Crippen LogP contribution in [0.4, 0.5) is 0 Å². The van der Waals surface area contributed by atoms with E-state index in [1.54, 1.807) is 25.6 Å². The molecular formula is C13H19N5O4S. The second kappa shape index (κ2) is 6.02. The van der Waals surface area contributed by atoms with E-state index in [2.05, 4.69) is 20.0 Å². The second-order valence-electron chi connectivity index (χ2n) is 5.51. The van der Waals surface area contributed by atoms with Crippen molar-refractivity contribution in [1.82, 2.24) is 24.6 Å². The van der Waals surface area contributed by atoms with Gasteiger partial charge in [0.2, 0.25) is 10.0 Å². The predicted molar refractivity (Wildman–Crippen MR) is 79.0 cm³/mol. The van der Waals surface area contributed by atoms with Gasteiger partial charge in [-0.25, -0.2) is 22.8 Å². The Kier molecular flexibility index (Phi) is 4.21. The highest BCUT2D eigenvalue weighted by molar-refractivity contribution is 7.89. The predicted octanol–water partition coefficient (Wildman–Crippen LogP) is 0.843. The first-order valence-electron chi connectivity index (χ1n) is 7.30. The van der Waals surface area contributed by atoms with Crippen LogP contribution in [0.15, 0.2) is 9.42 Å². The Labute approximate surface area is 134 Å². The summed E-state index contributed by atoms with van der Waals surface area (Å²) >= 11 is 0. The zero-order valence-electron chi connectivity index (χ0n) is 13.2. The zero-order valence-corrected chi connectivity index (χ0v) is 14.1. The van der Waals surface area contributed by atoms with Gasteiger partial charge in [0, 0.05) is 13.7 Å². The second-order valence-corrected chi connectivity index (χ2v) is 7.16. The number of nitrogens with zero attached hydrogens (tertiary/aromatic N) is 4. The van der Waals surface area contributed by atoms with Crippen molar-refractivity contribution in [3.63, 3.8) is 0 Å². The molecule has 0 bridgehead atoms. The number of ether oxygens (including phenoxy) is 1. The Morgan fingerprint density at radius 1 is 1.43 bits per heavy atom. The van der Waals surface area contributed by atoms with Gasteiger partial charge in [-0.05, 0) is 26.7 Å². The van der Waals surface area contributed by atoms with Crippen LogP contribution in [0.3, 0.4) is 0 Å². The molecule has 2 aromatic heterocycles. The molecule has 1 aliphatic rings. The Bertz CT molecular complexity index is 791. The lowest BCUT2D eigenvalue weighted by atomic mass is 10.1. The van der Waals surface area contributed by atoms with Crippen molar-refractivity contribution < 1.29 is 17.7 Å². The van der Waals surface area contributed by atoms with Crippen LogP contribution in [0.2, 0.25) is 0 Å². The van der Waals surface area contributed by atoms with E-state index in [-0.39, 0.29) is 10.7 Å². The minimum absolute atomic E-state index is 0.0891. The van der Waals surface area contributed by atoms with Gasteiger partial charge in [0.15, 0.2) is 11.6 Å². The maximum absolute atomic E-state index is 12.7. The van der Waals surface area contributed by atoms with Crippen molar-refractivity contribution in [3.05, 3.63) is 23.1 Å². The molecular weight excluding hydrogens is 322 g/mol. The van der Waals surface area contributed by atoms with E-state index in [4.69, 9.17) is 9.26 Å². The SMILES string of the molecule is COCc1nc2n(n1)CCC[C@@H]2NS(=O)(=O)c1c(C)noc1C. The van der Waals surface area contributed by atoms with Gasteiger partial charge in [0.05, 0.1) is 6.04 Å². The quantitative estimate of drug-likeness (QED) is 0.857. The van der Waals surface area contributed by atoms with Crippen LogP contribution in [0.5, 0.6) is 0 Å². The summed E-state index contributed by atoms with van der Waals surface area (Å²) in [6.07, 6.45) is 1.48. The first kappa shape index (κ1) is 16.1. The van der Waals surface area contributed by atoms with Gasteiger partial charge in [0.1, 0.15) is 23.0 Å². The first-order chi connectivity index (χ1) is 10.9. The molecule has 2 aromatic rings. The molecule has 1 aliphatic heterocycles. The molecule has 0 saturated heterocycles. The Balaban J connectivity index is 1.90. The van der Waals surface area contributed by atoms with E-state index in [9.17, 15) is 8.42 Å². The zero-order chi connectivity index (χ0) is 16.6. The number of nitrogens with one attached hydrogen (secondary N) is 1. The number of methoxy groups -OCH3 is 1. The van der Waals surface area contributed by atoms with E-state index >= 15 is 0 Å². The van der Waals surface area contributed by atoms with Crippen molar-refractivity contribution in [2.24, 2.45) is 0 Å². The smallest absolute Gasteiger partial charge is 0.246 e. The largest absolute Gasteiger partial charge is 0.377 e. The van der Waals surface area contributed by atoms with Crippen LogP contribution in [0, 0.1) is 13.8 Å². The van der Waals surface area contributed by atoms with E-state index in [1.165, 1.54) is 0 Å². The average molecular weight is 341 g/mol. The fourth-order valence-corrected chi connectivity index (χ4v) is 4.36. The summed E-state index contributed by atoms with van der Waals surface area (Å²) in [6.45, 7) is 4.19. The van der Waals surface area contributed by atoms with Gasteiger partial charge in [-0.15, -0.1) is 0 Å². The summed E-state index contributed by atoms with van der Waals surface area (Å²) < 4.78 is 39.7. The summed E-state index contributed by atoms with van der Waals surface area (Å²) in [5.74, 6) is 1.43. The molecule has 1 N–H and O–H groups in total. The van der Waals surface area contributed by atoms with Crippen molar-refractivity contribution in [2.75, 3.05) is 7.11 Å². The third-order valence-electron chi connectivity index (χ3n) is 3.73. The summed E-state index contributed by atoms with van der Waals surface area (Å²) in [4.78, 5) is 4.48. The molecule has 10 heteroatoms. The summed E-state index contributed by atoms with van der Waals surface area (Å²) in [5.41, 5.74) is 0.340. The molecule has 0 fully saturated rings. The molecule has 0 spiro atoms. The number of aromatic nitrogens is 4. The van der Waals surface area contributed by atoms with Crippen LogP contribution >= 0.6 is 0 Å². The van der Waals surface area contributed by atoms with Crippen LogP contribution in [-0.2, 0) is 27.9 Å². The summed E-state index contributed by atoms with van der Waals surface area (Å²) in [7, 11) is -2.18. The van der Waals surface area contributed by atoms with Gasteiger partial charge in [0.25, 0.3) is 0 Å². The normalized spacial score (nSPS) is 18.1. The standard InChI is InChI=1S/C13H19N5O4S/c1-8-12(9(2)22-16-8)23(19,20)17-10-5-4-6-18-13(10)14-11(15-18)7-21-3/h10,17H,4-7H2,1-3H3/t10-/m0/s1. The van der Waals surface area contributed by atoms with Crippen molar-refractivity contribution in [1.29, 1.82) is 0 Å². The molecule has 0 radical (unpaired) electrons. The fraction of sp³-hybridized carbons (Fsp3) is 0.615. The molecule has 3 rings (SSSR count). The van der Waals surface area contributed by atoms with Crippen LogP contribution in [-0.4, -0.2) is 35.4 Å². The van der Waals surface area contributed by atoms with Gasteiger partial charge >= 0.3 is 0 Å². The molecule has 3 heterocycles. The van der Waals surface area contributed by atoms with E-state index in [0.29, 0.717) is 30.4 Å². The molecule has 0 unspecified atom stereocenters. The number of rotatable bonds is 5. The highest BCUT2D eigenvalue weighted by Gasteiger charge is 2.32. The first-order valence-corrected chi connectivity index (χ1v) is 8.78. The lowest BCUT2D eigenvalue weighted by molar-refractivity contribution is 0.177. The summed E-state index contributed by atoms with van der Waals surface area (Å²) in [5, 5.41) is 8.04. The molecule has 0 aromatic carbocycles. The third-order valence-corrected chi connectivity index (χ3v) is 5.44.